The summed E-state index contributed by atoms with van der Waals surface area (Å²) < 4.78 is 0. The molecule has 2 N–H and O–H groups in total. The number of nitriles is 1. The van der Waals surface area contributed by atoms with Gasteiger partial charge in [0.1, 0.15) is 0 Å². The van der Waals surface area contributed by atoms with Crippen LogP contribution in [-0.4, -0.2) is 30.4 Å². The van der Waals surface area contributed by atoms with Crippen molar-refractivity contribution in [2.75, 3.05) is 19.6 Å². The summed E-state index contributed by atoms with van der Waals surface area (Å²) in [5.74, 6) is 0.730. The second-order valence-corrected chi connectivity index (χ2v) is 6.04. The van der Waals surface area contributed by atoms with E-state index in [0.29, 0.717) is 25.6 Å². The minimum atomic E-state index is -0.377. The van der Waals surface area contributed by atoms with Crippen molar-refractivity contribution in [3.63, 3.8) is 0 Å². The third-order valence-corrected chi connectivity index (χ3v) is 4.46. The molecule has 1 amide bonds. The molecule has 0 aromatic heterocycles. The fourth-order valence-electron chi connectivity index (χ4n) is 2.88. The van der Waals surface area contributed by atoms with E-state index < -0.39 is 0 Å². The van der Waals surface area contributed by atoms with Crippen LogP contribution >= 0.6 is 0 Å². The third-order valence-electron chi connectivity index (χ3n) is 4.46. The van der Waals surface area contributed by atoms with E-state index in [9.17, 15) is 4.79 Å². The predicted molar refractivity (Wildman–Crippen MR) is 76.2 cm³/mol. The number of hydrogen-bond acceptors (Lipinski definition) is 3. The molecule has 0 aromatic carbocycles. The van der Waals surface area contributed by atoms with Crippen molar-refractivity contribution >= 4 is 5.91 Å². The maximum atomic E-state index is 12.8. The Labute approximate surface area is 116 Å². The van der Waals surface area contributed by atoms with Crippen molar-refractivity contribution in [3.05, 3.63) is 0 Å². The molecular weight excluding hydrogens is 238 g/mol. The Balaban J connectivity index is 2.79. The summed E-state index contributed by atoms with van der Waals surface area (Å²) in [6, 6.07) is 2.20. The first-order chi connectivity index (χ1) is 8.99. The molecular formula is C15H27N3O. The van der Waals surface area contributed by atoms with Crippen LogP contribution in [0.3, 0.4) is 0 Å². The number of carbonyl (C=O) groups excluding carboxylic acids is 1. The van der Waals surface area contributed by atoms with Crippen LogP contribution in [0.4, 0.5) is 0 Å². The first-order valence-corrected chi connectivity index (χ1v) is 7.38. The Kier molecular flexibility index (Phi) is 5.81. The van der Waals surface area contributed by atoms with Gasteiger partial charge in [0.2, 0.25) is 5.91 Å². The maximum Gasteiger partial charge on any atom is 0.230 e. The third kappa shape index (κ3) is 3.70. The molecule has 4 nitrogen and oxygen atoms in total. The van der Waals surface area contributed by atoms with Crippen LogP contribution < -0.4 is 5.73 Å². The largest absolute Gasteiger partial charge is 0.341 e. The molecule has 0 saturated heterocycles. The lowest BCUT2D eigenvalue weighted by Crippen LogP contribution is -2.50. The highest BCUT2D eigenvalue weighted by Crippen LogP contribution is 2.39. The van der Waals surface area contributed by atoms with E-state index in [1.165, 1.54) is 0 Å². The van der Waals surface area contributed by atoms with E-state index in [-0.39, 0.29) is 17.2 Å². The molecule has 1 fully saturated rings. The normalized spacial score (nSPS) is 28.5. The number of nitrogens with two attached hydrogens (primary N) is 1. The van der Waals surface area contributed by atoms with Crippen LogP contribution in [0.25, 0.3) is 0 Å². The highest BCUT2D eigenvalue weighted by atomic mass is 16.2. The number of amides is 1. The van der Waals surface area contributed by atoms with Gasteiger partial charge in [0.25, 0.3) is 0 Å². The molecule has 4 heteroatoms. The topological polar surface area (TPSA) is 70.1 Å². The minimum absolute atomic E-state index is 0.124. The van der Waals surface area contributed by atoms with Crippen LogP contribution in [0.5, 0.6) is 0 Å². The zero-order valence-electron chi connectivity index (χ0n) is 12.5. The average molecular weight is 265 g/mol. The van der Waals surface area contributed by atoms with E-state index in [0.717, 1.165) is 25.7 Å². The van der Waals surface area contributed by atoms with E-state index in [1.54, 1.807) is 0 Å². The second kappa shape index (κ2) is 6.91. The molecule has 108 valence electrons. The lowest BCUT2D eigenvalue weighted by Gasteiger charge is -2.40. The lowest BCUT2D eigenvalue weighted by molar-refractivity contribution is -0.144. The van der Waals surface area contributed by atoms with Gasteiger partial charge in [0.15, 0.2) is 0 Å². The average Bonchev–Trinajstić information content (AvgIpc) is 2.45. The zero-order chi connectivity index (χ0) is 14.5. The van der Waals surface area contributed by atoms with Crippen LogP contribution in [0.2, 0.25) is 0 Å². The summed E-state index contributed by atoms with van der Waals surface area (Å²) in [6.07, 6.45) is 3.93. The first-order valence-electron chi connectivity index (χ1n) is 7.38. The van der Waals surface area contributed by atoms with Gasteiger partial charge in [0.05, 0.1) is 17.4 Å². The summed E-state index contributed by atoms with van der Waals surface area (Å²) in [6.45, 7) is 7.66. The van der Waals surface area contributed by atoms with Crippen LogP contribution in [0.1, 0.15) is 46.5 Å². The Morgan fingerprint density at radius 1 is 1.53 bits per heavy atom. The lowest BCUT2D eigenvalue weighted by atomic mass is 9.70. The number of hydrogen-bond donors (Lipinski definition) is 1. The molecule has 1 aliphatic rings. The molecule has 0 radical (unpaired) electrons. The van der Waals surface area contributed by atoms with E-state index in [1.807, 2.05) is 18.7 Å². The van der Waals surface area contributed by atoms with Crippen molar-refractivity contribution in [2.45, 2.75) is 46.5 Å². The van der Waals surface area contributed by atoms with Gasteiger partial charge in [-0.1, -0.05) is 6.92 Å². The Bertz CT molecular complexity index is 340. The molecule has 19 heavy (non-hydrogen) atoms. The van der Waals surface area contributed by atoms with Crippen LogP contribution in [0.15, 0.2) is 0 Å². The Morgan fingerprint density at radius 3 is 2.53 bits per heavy atom. The van der Waals surface area contributed by atoms with Crippen molar-refractivity contribution in [2.24, 2.45) is 23.0 Å². The number of nitrogens with zero attached hydrogens (tertiary/aromatic N) is 2. The highest BCUT2D eigenvalue weighted by Gasteiger charge is 2.42. The van der Waals surface area contributed by atoms with Gasteiger partial charge in [-0.15, -0.1) is 0 Å². The van der Waals surface area contributed by atoms with Crippen LogP contribution in [-0.2, 0) is 4.79 Å². The molecule has 1 unspecified atom stereocenters. The molecule has 0 bridgehead atoms. The SMILES string of the molecule is CCN(CC(C)C#N)C(=O)C1(CN)CCC(C)CC1. The highest BCUT2D eigenvalue weighted by molar-refractivity contribution is 5.83. The van der Waals surface area contributed by atoms with Gasteiger partial charge in [-0.25, -0.2) is 0 Å². The fourth-order valence-corrected chi connectivity index (χ4v) is 2.88. The molecule has 1 atom stereocenters. The van der Waals surface area contributed by atoms with E-state index >= 15 is 0 Å². The van der Waals surface area contributed by atoms with Crippen molar-refractivity contribution in [1.29, 1.82) is 5.26 Å². The summed E-state index contributed by atoms with van der Waals surface area (Å²) in [5.41, 5.74) is 5.55. The number of carbonyl (C=O) groups is 1. The number of rotatable bonds is 5. The quantitative estimate of drug-likeness (QED) is 0.828. The van der Waals surface area contributed by atoms with Crippen molar-refractivity contribution in [3.8, 4) is 6.07 Å². The van der Waals surface area contributed by atoms with Gasteiger partial charge in [0, 0.05) is 19.6 Å². The van der Waals surface area contributed by atoms with Gasteiger partial charge in [-0.05, 0) is 45.4 Å². The molecule has 0 spiro atoms. The molecule has 1 aliphatic carbocycles. The molecule has 0 aliphatic heterocycles. The maximum absolute atomic E-state index is 12.8. The van der Waals surface area contributed by atoms with Crippen molar-refractivity contribution in [1.82, 2.24) is 4.90 Å². The molecule has 0 heterocycles. The molecule has 1 saturated carbocycles. The van der Waals surface area contributed by atoms with Crippen molar-refractivity contribution < 1.29 is 4.79 Å². The smallest absolute Gasteiger partial charge is 0.230 e. The molecule has 0 aromatic rings. The minimum Gasteiger partial charge on any atom is -0.341 e. The van der Waals surface area contributed by atoms with Gasteiger partial charge < -0.3 is 10.6 Å². The Morgan fingerprint density at radius 2 is 2.11 bits per heavy atom. The summed E-state index contributed by atoms with van der Waals surface area (Å²) in [5, 5.41) is 8.91. The predicted octanol–water partition coefficient (Wildman–Crippen LogP) is 2.15. The summed E-state index contributed by atoms with van der Waals surface area (Å²) in [4.78, 5) is 14.6. The zero-order valence-corrected chi connectivity index (χ0v) is 12.5. The van der Waals surface area contributed by atoms with Crippen LogP contribution in [0, 0.1) is 28.6 Å². The molecule has 1 rings (SSSR count). The first kappa shape index (κ1) is 16.0. The van der Waals surface area contributed by atoms with Gasteiger partial charge >= 0.3 is 0 Å². The van der Waals surface area contributed by atoms with Gasteiger partial charge in [-0.2, -0.15) is 5.26 Å². The van der Waals surface area contributed by atoms with E-state index in [2.05, 4.69) is 13.0 Å². The summed E-state index contributed by atoms with van der Waals surface area (Å²) >= 11 is 0. The fraction of sp³-hybridized carbons (Fsp3) is 0.867. The second-order valence-electron chi connectivity index (χ2n) is 6.04. The summed E-state index contributed by atoms with van der Waals surface area (Å²) in [7, 11) is 0. The monoisotopic (exact) mass is 265 g/mol. The standard InChI is InChI=1S/C15H27N3O/c1-4-18(10-13(3)9-16)14(19)15(11-17)7-5-12(2)6-8-15/h12-13H,4-8,10-11,17H2,1-3H3. The van der Waals surface area contributed by atoms with Gasteiger partial charge in [-0.3, -0.25) is 4.79 Å². The van der Waals surface area contributed by atoms with E-state index in [4.69, 9.17) is 11.0 Å². The Hall–Kier alpha value is -1.08.